The maximum Gasteiger partial charge on any atom is 0.219 e. The molecule has 0 aromatic rings. The zero-order valence-electron chi connectivity index (χ0n) is 11.6. The molecule has 0 aliphatic carbocycles. The minimum Gasteiger partial charge on any atom is -0.393 e. The van der Waals surface area contributed by atoms with Gasteiger partial charge in [0.25, 0.3) is 0 Å². The topological polar surface area (TPSA) is 49.3 Å². The highest BCUT2D eigenvalue weighted by Gasteiger charge is 2.05. The summed E-state index contributed by atoms with van der Waals surface area (Å²) in [5, 5.41) is 12.7. The second kappa shape index (κ2) is 10.4. The number of rotatable bonds is 0. The van der Waals surface area contributed by atoms with Crippen LogP contribution in [0.4, 0.5) is 0 Å². The van der Waals surface area contributed by atoms with Crippen LogP contribution in [0, 0.1) is 0 Å². The highest BCUT2D eigenvalue weighted by Crippen LogP contribution is 2.13. The van der Waals surface area contributed by atoms with Gasteiger partial charge in [-0.1, -0.05) is 44.9 Å². The fraction of sp³-hybridized carbons (Fsp3) is 0.933. The molecule has 106 valence electrons. The molecule has 3 nitrogen and oxygen atoms in total. The van der Waals surface area contributed by atoms with Crippen molar-refractivity contribution in [2.24, 2.45) is 0 Å². The van der Waals surface area contributed by atoms with Crippen LogP contribution in [0.5, 0.6) is 0 Å². The van der Waals surface area contributed by atoms with Crippen molar-refractivity contribution in [3.05, 3.63) is 0 Å². The first-order valence-electron chi connectivity index (χ1n) is 7.74. The van der Waals surface area contributed by atoms with Gasteiger partial charge in [-0.15, -0.1) is 0 Å². The molecule has 1 atom stereocenters. The van der Waals surface area contributed by atoms with E-state index in [9.17, 15) is 9.90 Å². The molecule has 0 bridgehead atoms. The summed E-state index contributed by atoms with van der Waals surface area (Å²) in [6.07, 6.45) is 12.9. The lowest BCUT2D eigenvalue weighted by Crippen LogP contribution is -2.24. The van der Waals surface area contributed by atoms with Crippen LogP contribution in [0.25, 0.3) is 0 Å². The monoisotopic (exact) mass is 255 g/mol. The quantitative estimate of drug-likeness (QED) is 0.698. The van der Waals surface area contributed by atoms with Crippen molar-refractivity contribution < 1.29 is 9.90 Å². The van der Waals surface area contributed by atoms with Crippen molar-refractivity contribution in [2.45, 2.75) is 83.2 Å². The first-order chi connectivity index (χ1) is 8.79. The minimum atomic E-state index is -0.171. The van der Waals surface area contributed by atoms with Gasteiger partial charge in [-0.05, 0) is 25.7 Å². The molecule has 18 heavy (non-hydrogen) atoms. The normalized spacial score (nSPS) is 26.5. The number of aliphatic hydroxyl groups is 1. The minimum absolute atomic E-state index is 0.171. The van der Waals surface area contributed by atoms with Crippen molar-refractivity contribution in [3.63, 3.8) is 0 Å². The van der Waals surface area contributed by atoms with Crippen LogP contribution in [0.3, 0.4) is 0 Å². The van der Waals surface area contributed by atoms with Crippen LogP contribution < -0.4 is 5.32 Å². The highest BCUT2D eigenvalue weighted by molar-refractivity contribution is 5.75. The number of hydrogen-bond donors (Lipinski definition) is 2. The molecule has 0 aromatic carbocycles. The first-order valence-corrected chi connectivity index (χ1v) is 7.74. The summed E-state index contributed by atoms with van der Waals surface area (Å²) in [4.78, 5) is 11.5. The van der Waals surface area contributed by atoms with Gasteiger partial charge in [0.1, 0.15) is 0 Å². The average Bonchev–Trinajstić information content (AvgIpc) is 2.35. The van der Waals surface area contributed by atoms with E-state index in [4.69, 9.17) is 0 Å². The van der Waals surface area contributed by atoms with E-state index in [2.05, 4.69) is 5.32 Å². The van der Waals surface area contributed by atoms with E-state index >= 15 is 0 Å². The zero-order chi connectivity index (χ0) is 13.1. The predicted octanol–water partition coefficient (Wildman–Crippen LogP) is 3.16. The number of hydrogen-bond acceptors (Lipinski definition) is 2. The third kappa shape index (κ3) is 8.51. The molecular formula is C15H29NO2. The van der Waals surface area contributed by atoms with Gasteiger partial charge in [-0.25, -0.2) is 0 Å². The molecule has 1 fully saturated rings. The number of amides is 1. The smallest absolute Gasteiger partial charge is 0.219 e. The Hall–Kier alpha value is -0.570. The summed E-state index contributed by atoms with van der Waals surface area (Å²) < 4.78 is 0. The molecule has 3 heteroatoms. The van der Waals surface area contributed by atoms with Gasteiger partial charge >= 0.3 is 0 Å². The van der Waals surface area contributed by atoms with Crippen molar-refractivity contribution in [3.8, 4) is 0 Å². The van der Waals surface area contributed by atoms with E-state index < -0.39 is 0 Å². The molecule has 1 aliphatic heterocycles. The van der Waals surface area contributed by atoms with Crippen molar-refractivity contribution >= 4 is 5.91 Å². The maximum absolute atomic E-state index is 11.5. The van der Waals surface area contributed by atoms with Gasteiger partial charge in [0, 0.05) is 13.0 Å². The standard InChI is InChI=1S/C15H29NO2/c17-14-10-7-5-3-1-2-4-6-8-12-15(18)16-13-9-11-14/h14,17H,1-13H2,(H,16,18). The molecule has 1 heterocycles. The van der Waals surface area contributed by atoms with E-state index in [0.717, 1.165) is 38.6 Å². The average molecular weight is 255 g/mol. The van der Waals surface area contributed by atoms with Gasteiger partial charge in [0.15, 0.2) is 0 Å². The SMILES string of the molecule is O=C1CCCCCCCCCCC(O)CCCN1. The van der Waals surface area contributed by atoms with Gasteiger partial charge in [0.2, 0.25) is 5.91 Å². The van der Waals surface area contributed by atoms with Crippen molar-refractivity contribution in [1.29, 1.82) is 0 Å². The Labute approximate surface area is 111 Å². The lowest BCUT2D eigenvalue weighted by molar-refractivity contribution is -0.121. The molecule has 0 spiro atoms. The third-order valence-electron chi connectivity index (χ3n) is 3.73. The number of carbonyl (C=O) groups excluding carboxylic acids is 1. The second-order valence-electron chi connectivity index (χ2n) is 5.51. The number of nitrogens with one attached hydrogen (secondary N) is 1. The summed E-state index contributed by atoms with van der Waals surface area (Å²) in [6.45, 7) is 0.718. The Balaban J connectivity index is 2.20. The lowest BCUT2D eigenvalue weighted by atomic mass is 10.0. The molecule has 1 unspecified atom stereocenters. The molecule has 1 aliphatic rings. The van der Waals surface area contributed by atoms with E-state index in [0.29, 0.717) is 6.42 Å². The molecule has 1 rings (SSSR count). The molecule has 1 amide bonds. The van der Waals surface area contributed by atoms with Crippen LogP contribution in [-0.4, -0.2) is 23.7 Å². The summed E-state index contributed by atoms with van der Waals surface area (Å²) in [6, 6.07) is 0. The van der Waals surface area contributed by atoms with Crippen molar-refractivity contribution in [1.82, 2.24) is 5.32 Å². The third-order valence-corrected chi connectivity index (χ3v) is 3.73. The Kier molecular flexibility index (Phi) is 8.92. The molecule has 1 saturated heterocycles. The summed E-state index contributed by atoms with van der Waals surface area (Å²) in [5.41, 5.74) is 0. The van der Waals surface area contributed by atoms with E-state index in [1.54, 1.807) is 0 Å². The number of aliphatic hydroxyl groups excluding tert-OH is 1. The Morgan fingerprint density at radius 3 is 2.11 bits per heavy atom. The van der Waals surface area contributed by atoms with E-state index in [1.807, 2.05) is 0 Å². The zero-order valence-corrected chi connectivity index (χ0v) is 11.6. The van der Waals surface area contributed by atoms with E-state index in [-0.39, 0.29) is 12.0 Å². The molecule has 0 aromatic heterocycles. The first kappa shape index (κ1) is 15.5. The highest BCUT2D eigenvalue weighted by atomic mass is 16.3. The Bertz CT molecular complexity index is 219. The van der Waals surface area contributed by atoms with Gasteiger partial charge in [0.05, 0.1) is 6.10 Å². The van der Waals surface area contributed by atoms with Crippen LogP contribution in [0.15, 0.2) is 0 Å². The molecular weight excluding hydrogens is 226 g/mol. The fourth-order valence-electron chi connectivity index (χ4n) is 2.52. The second-order valence-corrected chi connectivity index (χ2v) is 5.51. The summed E-state index contributed by atoms with van der Waals surface area (Å²) >= 11 is 0. The van der Waals surface area contributed by atoms with Crippen LogP contribution in [0.2, 0.25) is 0 Å². The van der Waals surface area contributed by atoms with Gasteiger partial charge in [-0.2, -0.15) is 0 Å². The Morgan fingerprint density at radius 1 is 0.833 bits per heavy atom. The van der Waals surface area contributed by atoms with Gasteiger partial charge < -0.3 is 10.4 Å². The van der Waals surface area contributed by atoms with Crippen LogP contribution >= 0.6 is 0 Å². The fourth-order valence-corrected chi connectivity index (χ4v) is 2.52. The van der Waals surface area contributed by atoms with Crippen LogP contribution in [0.1, 0.15) is 77.0 Å². The van der Waals surface area contributed by atoms with E-state index in [1.165, 1.54) is 38.5 Å². The largest absolute Gasteiger partial charge is 0.393 e. The van der Waals surface area contributed by atoms with Crippen molar-refractivity contribution in [2.75, 3.05) is 6.54 Å². The summed E-state index contributed by atoms with van der Waals surface area (Å²) in [7, 11) is 0. The predicted molar refractivity (Wildman–Crippen MR) is 74.4 cm³/mol. The summed E-state index contributed by atoms with van der Waals surface area (Å²) in [5.74, 6) is 0.177. The molecule has 0 saturated carbocycles. The molecule has 0 radical (unpaired) electrons. The van der Waals surface area contributed by atoms with Crippen LogP contribution in [-0.2, 0) is 4.79 Å². The molecule has 2 N–H and O–H groups in total. The number of carbonyl (C=O) groups is 1. The lowest BCUT2D eigenvalue weighted by Gasteiger charge is -2.11. The van der Waals surface area contributed by atoms with Gasteiger partial charge in [-0.3, -0.25) is 4.79 Å². The maximum atomic E-state index is 11.5. The Morgan fingerprint density at radius 2 is 1.39 bits per heavy atom.